The quantitative estimate of drug-likeness (QED) is 0.321. The van der Waals surface area contributed by atoms with Crippen molar-refractivity contribution in [1.29, 1.82) is 0 Å². The Balaban J connectivity index is 1.32. The van der Waals surface area contributed by atoms with E-state index < -0.39 is 0 Å². The molecule has 3 aromatic heterocycles. The van der Waals surface area contributed by atoms with Gasteiger partial charge in [-0.1, -0.05) is 51.1 Å². The molecule has 2 aromatic carbocycles. The van der Waals surface area contributed by atoms with Gasteiger partial charge in [-0.3, -0.25) is 4.79 Å². The van der Waals surface area contributed by atoms with Gasteiger partial charge in [-0.25, -0.2) is 4.98 Å². The third-order valence-electron chi connectivity index (χ3n) is 5.99. The van der Waals surface area contributed by atoms with E-state index in [-0.39, 0.29) is 11.3 Å². The maximum Gasteiger partial charge on any atom is 0.256 e. The van der Waals surface area contributed by atoms with E-state index in [2.05, 4.69) is 70.9 Å². The van der Waals surface area contributed by atoms with Crippen molar-refractivity contribution in [2.24, 2.45) is 0 Å². The first-order chi connectivity index (χ1) is 16.4. The zero-order valence-electron chi connectivity index (χ0n) is 19.6. The highest BCUT2D eigenvalue weighted by Crippen LogP contribution is 2.23. The van der Waals surface area contributed by atoms with E-state index >= 15 is 0 Å². The van der Waals surface area contributed by atoms with Crippen LogP contribution in [0.4, 0.5) is 11.6 Å². The first-order valence-corrected chi connectivity index (χ1v) is 11.4. The van der Waals surface area contributed by atoms with Crippen molar-refractivity contribution in [3.8, 4) is 0 Å². The summed E-state index contributed by atoms with van der Waals surface area (Å²) in [6, 6.07) is 19.6. The van der Waals surface area contributed by atoms with Gasteiger partial charge in [0.25, 0.3) is 5.91 Å². The molecule has 172 valence electrons. The predicted molar refractivity (Wildman–Crippen MR) is 137 cm³/mol. The van der Waals surface area contributed by atoms with Gasteiger partial charge in [0.05, 0.1) is 6.20 Å². The number of nitrogens with zero attached hydrogens (tertiary/aromatic N) is 3. The van der Waals surface area contributed by atoms with Crippen LogP contribution in [-0.4, -0.2) is 32.0 Å². The smallest absolute Gasteiger partial charge is 0.256 e. The minimum absolute atomic E-state index is 0.0386. The highest BCUT2D eigenvalue weighted by atomic mass is 16.1. The van der Waals surface area contributed by atoms with E-state index in [1.54, 1.807) is 10.7 Å². The fraction of sp³-hybridized carbons (Fsp3) is 0.222. The lowest BCUT2D eigenvalue weighted by Gasteiger charge is -2.19. The normalized spacial score (nSPS) is 11.7. The monoisotopic (exact) mass is 452 g/mol. The summed E-state index contributed by atoms with van der Waals surface area (Å²) < 4.78 is 1.74. The Hall–Kier alpha value is -4.13. The van der Waals surface area contributed by atoms with Crippen molar-refractivity contribution in [2.75, 3.05) is 17.2 Å². The lowest BCUT2D eigenvalue weighted by Crippen LogP contribution is -2.16. The number of carbonyl (C=O) groups excluding carboxylic acids is 1. The Morgan fingerprint density at radius 1 is 1.06 bits per heavy atom. The summed E-state index contributed by atoms with van der Waals surface area (Å²) in [5.74, 6) is 1.06. The average molecular weight is 453 g/mol. The van der Waals surface area contributed by atoms with Crippen LogP contribution in [0.5, 0.6) is 0 Å². The molecule has 3 heterocycles. The number of para-hydroxylation sites is 1. The Labute approximate surface area is 198 Å². The second-order valence-corrected chi connectivity index (χ2v) is 9.45. The molecule has 0 saturated heterocycles. The maximum absolute atomic E-state index is 12.9. The minimum atomic E-state index is -0.193. The molecule has 0 spiro atoms. The van der Waals surface area contributed by atoms with Crippen LogP contribution in [0.1, 0.15) is 42.3 Å². The molecular formula is C27H28N6O. The molecule has 3 N–H and O–H groups in total. The first-order valence-electron chi connectivity index (χ1n) is 11.4. The number of rotatable bonds is 6. The number of fused-ring (bicyclic) bond motifs is 2. The van der Waals surface area contributed by atoms with Gasteiger partial charge in [-0.2, -0.15) is 9.61 Å². The molecule has 7 nitrogen and oxygen atoms in total. The van der Waals surface area contributed by atoms with Crippen molar-refractivity contribution in [3.63, 3.8) is 0 Å². The summed E-state index contributed by atoms with van der Waals surface area (Å²) in [7, 11) is 0. The Morgan fingerprint density at radius 2 is 1.85 bits per heavy atom. The molecule has 0 radical (unpaired) electrons. The molecule has 0 bridgehead atoms. The van der Waals surface area contributed by atoms with Crippen molar-refractivity contribution in [2.45, 2.75) is 32.6 Å². The second kappa shape index (κ2) is 8.67. The van der Waals surface area contributed by atoms with Gasteiger partial charge in [0, 0.05) is 41.3 Å². The van der Waals surface area contributed by atoms with E-state index in [0.717, 1.165) is 17.8 Å². The molecule has 1 amide bonds. The lowest BCUT2D eigenvalue weighted by atomic mass is 9.87. The highest BCUT2D eigenvalue weighted by Gasteiger charge is 2.15. The van der Waals surface area contributed by atoms with E-state index in [0.29, 0.717) is 23.6 Å². The largest absolute Gasteiger partial charge is 0.370 e. The molecule has 0 aliphatic heterocycles. The molecule has 0 fully saturated rings. The fourth-order valence-electron chi connectivity index (χ4n) is 4.08. The summed E-state index contributed by atoms with van der Waals surface area (Å²) in [5.41, 5.74) is 4.87. The molecular weight excluding hydrogens is 424 g/mol. The Kier molecular flexibility index (Phi) is 5.53. The van der Waals surface area contributed by atoms with Crippen LogP contribution < -0.4 is 10.6 Å². The number of hydrogen-bond acceptors (Lipinski definition) is 4. The van der Waals surface area contributed by atoms with Gasteiger partial charge in [0.1, 0.15) is 11.6 Å². The number of aromatic nitrogens is 4. The van der Waals surface area contributed by atoms with Gasteiger partial charge < -0.3 is 15.6 Å². The van der Waals surface area contributed by atoms with E-state index in [1.165, 1.54) is 16.5 Å². The summed E-state index contributed by atoms with van der Waals surface area (Å²) >= 11 is 0. The van der Waals surface area contributed by atoms with Crippen molar-refractivity contribution >= 4 is 34.1 Å². The minimum Gasteiger partial charge on any atom is -0.370 e. The third kappa shape index (κ3) is 4.37. The molecule has 0 atom stereocenters. The van der Waals surface area contributed by atoms with Gasteiger partial charge in [0.2, 0.25) is 0 Å². The first kappa shape index (κ1) is 21.7. The predicted octanol–water partition coefficient (Wildman–Crippen LogP) is 5.42. The second-order valence-electron chi connectivity index (χ2n) is 9.45. The Bertz CT molecular complexity index is 1460. The van der Waals surface area contributed by atoms with Gasteiger partial charge in [-0.05, 0) is 41.2 Å². The molecule has 5 aromatic rings. The van der Waals surface area contributed by atoms with Crippen molar-refractivity contribution in [3.05, 3.63) is 89.7 Å². The maximum atomic E-state index is 12.9. The SMILES string of the molecule is CC(C)(C)c1ccc(C(=O)Nc2cc(NCCc3c[nH]c4ccccc34)n3nccc3n2)cc1. The van der Waals surface area contributed by atoms with E-state index in [9.17, 15) is 4.79 Å². The summed E-state index contributed by atoms with van der Waals surface area (Å²) in [4.78, 5) is 20.7. The standard InChI is InChI=1S/C27H28N6O/c1-27(2,3)20-10-8-18(9-11-20)26(34)32-23-16-25(33-24(31-23)13-15-30-33)28-14-12-19-17-29-22-7-5-4-6-21(19)22/h4-11,13,15-17,28-29H,12,14H2,1-3H3,(H,31,32,34). The van der Waals surface area contributed by atoms with Crippen LogP contribution in [0.3, 0.4) is 0 Å². The number of aromatic amines is 1. The number of nitrogens with one attached hydrogen (secondary N) is 3. The number of carbonyl (C=O) groups is 1. The van der Waals surface area contributed by atoms with Gasteiger partial charge in [0.15, 0.2) is 5.65 Å². The number of anilines is 2. The molecule has 0 aliphatic carbocycles. The van der Waals surface area contributed by atoms with Crippen LogP contribution in [0, 0.1) is 0 Å². The number of amides is 1. The number of benzene rings is 2. The molecule has 0 unspecified atom stereocenters. The highest BCUT2D eigenvalue weighted by molar-refractivity contribution is 6.04. The molecule has 34 heavy (non-hydrogen) atoms. The zero-order valence-corrected chi connectivity index (χ0v) is 19.6. The summed E-state index contributed by atoms with van der Waals surface area (Å²) in [5, 5.41) is 12.0. The molecule has 7 heteroatoms. The fourth-order valence-corrected chi connectivity index (χ4v) is 4.08. The zero-order chi connectivity index (χ0) is 23.7. The van der Waals surface area contributed by atoms with Crippen LogP contribution >= 0.6 is 0 Å². The van der Waals surface area contributed by atoms with Crippen LogP contribution in [0.25, 0.3) is 16.6 Å². The molecule has 0 aliphatic rings. The summed E-state index contributed by atoms with van der Waals surface area (Å²) in [6.07, 6.45) is 4.60. The summed E-state index contributed by atoms with van der Waals surface area (Å²) in [6.45, 7) is 7.17. The van der Waals surface area contributed by atoms with E-state index in [1.807, 2.05) is 42.5 Å². The van der Waals surface area contributed by atoms with Gasteiger partial charge in [-0.15, -0.1) is 0 Å². The lowest BCUT2D eigenvalue weighted by molar-refractivity contribution is 0.102. The van der Waals surface area contributed by atoms with Crippen LogP contribution in [-0.2, 0) is 11.8 Å². The van der Waals surface area contributed by atoms with Gasteiger partial charge >= 0.3 is 0 Å². The van der Waals surface area contributed by atoms with E-state index in [4.69, 9.17) is 0 Å². The van der Waals surface area contributed by atoms with Crippen LogP contribution in [0.2, 0.25) is 0 Å². The van der Waals surface area contributed by atoms with Crippen molar-refractivity contribution in [1.82, 2.24) is 19.6 Å². The topological polar surface area (TPSA) is 87.1 Å². The van der Waals surface area contributed by atoms with Crippen molar-refractivity contribution < 1.29 is 4.79 Å². The number of hydrogen-bond donors (Lipinski definition) is 3. The third-order valence-corrected chi connectivity index (χ3v) is 5.99. The Morgan fingerprint density at radius 3 is 2.65 bits per heavy atom. The molecule has 5 rings (SSSR count). The number of H-pyrrole nitrogens is 1. The van der Waals surface area contributed by atoms with Crippen LogP contribution in [0.15, 0.2) is 73.1 Å². The average Bonchev–Trinajstić information content (AvgIpc) is 3.46. The molecule has 0 saturated carbocycles.